The van der Waals surface area contributed by atoms with Gasteiger partial charge in [-0.05, 0) is 51.3 Å². The summed E-state index contributed by atoms with van der Waals surface area (Å²) in [7, 11) is 1.69. The van der Waals surface area contributed by atoms with E-state index in [4.69, 9.17) is 9.84 Å². The highest BCUT2D eigenvalue weighted by molar-refractivity contribution is 7.08. The molecule has 1 unspecified atom stereocenters. The fourth-order valence-corrected chi connectivity index (χ4v) is 4.20. The smallest absolute Gasteiger partial charge is 0.120 e. The zero-order valence-corrected chi connectivity index (χ0v) is 14.3. The van der Waals surface area contributed by atoms with Gasteiger partial charge in [-0.2, -0.15) is 27.8 Å². The number of hydrogen-bond donors (Lipinski definition) is 0. The van der Waals surface area contributed by atoms with Crippen molar-refractivity contribution in [2.45, 2.75) is 12.5 Å². The Morgan fingerprint density at radius 2 is 2.00 bits per heavy atom. The lowest BCUT2D eigenvalue weighted by Gasteiger charge is -2.23. The van der Waals surface area contributed by atoms with E-state index in [2.05, 4.69) is 44.7 Å². The van der Waals surface area contributed by atoms with E-state index in [1.165, 1.54) is 11.1 Å². The molecule has 1 aromatic carbocycles. The first-order valence-corrected chi connectivity index (χ1v) is 9.29. The molecule has 3 nitrogen and oxygen atoms in total. The molecule has 2 aromatic heterocycles. The summed E-state index contributed by atoms with van der Waals surface area (Å²) in [6.45, 7) is 0. The Hall–Kier alpha value is -2.11. The largest absolute Gasteiger partial charge is 0.497 e. The summed E-state index contributed by atoms with van der Waals surface area (Å²) in [5.74, 6) is 0.853. The molecule has 0 aliphatic carbocycles. The van der Waals surface area contributed by atoms with E-state index in [9.17, 15) is 0 Å². The van der Waals surface area contributed by atoms with Crippen molar-refractivity contribution < 1.29 is 4.74 Å². The van der Waals surface area contributed by atoms with Gasteiger partial charge in [-0.15, -0.1) is 0 Å². The van der Waals surface area contributed by atoms with Crippen LogP contribution in [-0.4, -0.2) is 12.8 Å². The van der Waals surface area contributed by atoms with Crippen LogP contribution in [0, 0.1) is 0 Å². The molecule has 0 N–H and O–H groups in total. The van der Waals surface area contributed by atoms with Gasteiger partial charge in [-0.25, -0.2) is 0 Å². The third-order valence-corrected chi connectivity index (χ3v) is 5.40. The van der Waals surface area contributed by atoms with E-state index < -0.39 is 0 Å². The van der Waals surface area contributed by atoms with Crippen LogP contribution in [0.2, 0.25) is 0 Å². The highest BCUT2D eigenvalue weighted by atomic mass is 32.1. The van der Waals surface area contributed by atoms with E-state index in [0.717, 1.165) is 23.6 Å². The maximum Gasteiger partial charge on any atom is 0.120 e. The van der Waals surface area contributed by atoms with Crippen molar-refractivity contribution in [1.82, 2.24) is 0 Å². The molecule has 0 saturated heterocycles. The molecule has 23 heavy (non-hydrogen) atoms. The van der Waals surface area contributed by atoms with Gasteiger partial charge in [0.15, 0.2) is 0 Å². The number of ether oxygens (including phenoxy) is 1. The van der Waals surface area contributed by atoms with Crippen LogP contribution >= 0.6 is 22.7 Å². The van der Waals surface area contributed by atoms with Crippen LogP contribution in [0.15, 0.2) is 63.0 Å². The van der Waals surface area contributed by atoms with E-state index >= 15 is 0 Å². The molecule has 0 bridgehead atoms. The fourth-order valence-electron chi connectivity index (χ4n) is 2.83. The monoisotopic (exact) mass is 340 g/mol. The molecule has 3 heterocycles. The van der Waals surface area contributed by atoms with Crippen molar-refractivity contribution in [2.24, 2.45) is 5.10 Å². The average molecular weight is 340 g/mol. The van der Waals surface area contributed by atoms with Crippen LogP contribution in [0.4, 0.5) is 5.69 Å². The number of anilines is 1. The number of hydrogen-bond acceptors (Lipinski definition) is 5. The van der Waals surface area contributed by atoms with Crippen molar-refractivity contribution in [2.75, 3.05) is 12.1 Å². The first-order valence-electron chi connectivity index (χ1n) is 7.40. The Balaban J connectivity index is 1.75. The summed E-state index contributed by atoms with van der Waals surface area (Å²) < 4.78 is 5.37. The normalized spacial score (nSPS) is 17.3. The fraction of sp³-hybridized carbons (Fsp3) is 0.167. The molecule has 1 atom stereocenters. The highest BCUT2D eigenvalue weighted by Crippen LogP contribution is 2.38. The standard InChI is InChI=1S/C18H16N2OS2/c1-21-16-4-2-3-15(9-16)20-18(14-6-8-23-12-14)10-17(19-20)13-5-7-22-11-13/h2-9,11-12,18H,10H2,1H3. The number of benzene rings is 1. The molecule has 0 saturated carbocycles. The van der Waals surface area contributed by atoms with Crippen molar-refractivity contribution in [1.29, 1.82) is 0 Å². The first kappa shape index (κ1) is 14.5. The molecular formula is C18H16N2OS2. The molecule has 0 radical (unpaired) electrons. The molecule has 1 aliphatic heterocycles. The number of thiophene rings is 2. The van der Waals surface area contributed by atoms with Gasteiger partial charge in [0.05, 0.1) is 24.6 Å². The highest BCUT2D eigenvalue weighted by Gasteiger charge is 2.30. The third-order valence-electron chi connectivity index (χ3n) is 4.01. The lowest BCUT2D eigenvalue weighted by atomic mass is 10.0. The zero-order valence-electron chi connectivity index (χ0n) is 12.7. The molecule has 0 spiro atoms. The van der Waals surface area contributed by atoms with E-state index in [-0.39, 0.29) is 6.04 Å². The summed E-state index contributed by atoms with van der Waals surface area (Å²) in [5.41, 5.74) is 4.74. The maximum absolute atomic E-state index is 5.37. The SMILES string of the molecule is COc1cccc(N2N=C(c3ccsc3)CC2c2ccsc2)c1. The van der Waals surface area contributed by atoms with Crippen molar-refractivity contribution in [3.8, 4) is 5.75 Å². The summed E-state index contributed by atoms with van der Waals surface area (Å²) in [6.07, 6.45) is 0.921. The van der Waals surface area contributed by atoms with Crippen LogP contribution in [0.1, 0.15) is 23.6 Å². The van der Waals surface area contributed by atoms with Crippen LogP contribution in [0.25, 0.3) is 0 Å². The predicted octanol–water partition coefficient (Wildman–Crippen LogP) is 5.17. The molecule has 0 amide bonds. The quantitative estimate of drug-likeness (QED) is 0.654. The maximum atomic E-state index is 5.37. The zero-order chi connectivity index (χ0) is 15.6. The average Bonchev–Trinajstić information content (AvgIpc) is 3.34. The van der Waals surface area contributed by atoms with Gasteiger partial charge in [0.1, 0.15) is 5.75 Å². The number of methoxy groups -OCH3 is 1. The lowest BCUT2D eigenvalue weighted by Crippen LogP contribution is -2.17. The van der Waals surface area contributed by atoms with Crippen LogP contribution in [0.3, 0.4) is 0 Å². The van der Waals surface area contributed by atoms with E-state index in [0.29, 0.717) is 0 Å². The minimum atomic E-state index is 0.239. The Labute approximate surface area is 143 Å². The van der Waals surface area contributed by atoms with Crippen LogP contribution in [0.5, 0.6) is 5.75 Å². The molecule has 3 aromatic rings. The lowest BCUT2D eigenvalue weighted by molar-refractivity contribution is 0.414. The Kier molecular flexibility index (Phi) is 3.89. The van der Waals surface area contributed by atoms with Crippen molar-refractivity contribution in [3.63, 3.8) is 0 Å². The van der Waals surface area contributed by atoms with Crippen LogP contribution in [-0.2, 0) is 0 Å². The molecule has 1 aliphatic rings. The Morgan fingerprint density at radius 1 is 1.13 bits per heavy atom. The molecule has 116 valence electrons. The van der Waals surface area contributed by atoms with Gasteiger partial charge in [0, 0.05) is 18.1 Å². The van der Waals surface area contributed by atoms with Gasteiger partial charge in [0.2, 0.25) is 0 Å². The second kappa shape index (κ2) is 6.18. The molecule has 5 heteroatoms. The minimum absolute atomic E-state index is 0.239. The van der Waals surface area contributed by atoms with Crippen molar-refractivity contribution in [3.05, 3.63) is 69.0 Å². The number of nitrogens with zero attached hydrogens (tertiary/aromatic N) is 2. The Bertz CT molecular complexity index is 809. The van der Waals surface area contributed by atoms with Gasteiger partial charge in [0.25, 0.3) is 0 Å². The second-order valence-corrected chi connectivity index (χ2v) is 6.94. The molecular weight excluding hydrogens is 324 g/mol. The van der Waals surface area contributed by atoms with E-state index in [1.807, 2.05) is 18.2 Å². The molecule has 0 fully saturated rings. The number of hydrazone groups is 1. The summed E-state index contributed by atoms with van der Waals surface area (Å²) in [4.78, 5) is 0. The van der Waals surface area contributed by atoms with E-state index in [1.54, 1.807) is 29.8 Å². The summed E-state index contributed by atoms with van der Waals surface area (Å²) in [5, 5.41) is 15.6. The van der Waals surface area contributed by atoms with Gasteiger partial charge in [-0.3, -0.25) is 5.01 Å². The van der Waals surface area contributed by atoms with Gasteiger partial charge < -0.3 is 4.74 Å². The minimum Gasteiger partial charge on any atom is -0.497 e. The van der Waals surface area contributed by atoms with Crippen LogP contribution < -0.4 is 9.75 Å². The van der Waals surface area contributed by atoms with Crippen molar-refractivity contribution >= 4 is 34.1 Å². The predicted molar refractivity (Wildman–Crippen MR) is 98.0 cm³/mol. The topological polar surface area (TPSA) is 24.8 Å². The summed E-state index contributed by atoms with van der Waals surface area (Å²) >= 11 is 3.44. The Morgan fingerprint density at radius 3 is 2.74 bits per heavy atom. The second-order valence-electron chi connectivity index (χ2n) is 5.38. The molecule has 4 rings (SSSR count). The third kappa shape index (κ3) is 2.78. The van der Waals surface area contributed by atoms with Gasteiger partial charge in [-0.1, -0.05) is 6.07 Å². The first-order chi connectivity index (χ1) is 11.3. The number of rotatable bonds is 4. The van der Waals surface area contributed by atoms with Gasteiger partial charge >= 0.3 is 0 Å². The summed E-state index contributed by atoms with van der Waals surface area (Å²) in [6, 6.07) is 12.7.